The number of benzene rings is 1. The highest BCUT2D eigenvalue weighted by molar-refractivity contribution is 5.99. The molecule has 0 aliphatic carbocycles. The zero-order valence-corrected chi connectivity index (χ0v) is 11.7. The van der Waals surface area contributed by atoms with Crippen molar-refractivity contribution in [1.82, 2.24) is 0 Å². The van der Waals surface area contributed by atoms with Gasteiger partial charge in [-0.1, -0.05) is 19.4 Å². The average Bonchev–Trinajstić information content (AvgIpc) is 2.46. The predicted octanol–water partition coefficient (Wildman–Crippen LogP) is 2.68. The van der Waals surface area contributed by atoms with E-state index in [4.69, 9.17) is 10.5 Å². The van der Waals surface area contributed by atoms with E-state index in [0.29, 0.717) is 11.3 Å². The second kappa shape index (κ2) is 5.95. The van der Waals surface area contributed by atoms with Gasteiger partial charge in [0.2, 0.25) is 0 Å². The van der Waals surface area contributed by atoms with Gasteiger partial charge in [-0.25, -0.2) is 4.79 Å². The number of piperidine rings is 1. The number of rotatable bonds is 3. The summed E-state index contributed by atoms with van der Waals surface area (Å²) < 4.78 is 4.84. The molecule has 0 saturated carbocycles. The largest absolute Gasteiger partial charge is 0.465 e. The fraction of sp³-hybridized carbons (Fsp3) is 0.533. The number of carbonyl (C=O) groups is 1. The van der Waals surface area contributed by atoms with Crippen molar-refractivity contribution >= 4 is 17.3 Å². The van der Waals surface area contributed by atoms with Gasteiger partial charge >= 0.3 is 5.97 Å². The second-order valence-electron chi connectivity index (χ2n) is 5.07. The first-order valence-electron chi connectivity index (χ1n) is 6.89. The van der Waals surface area contributed by atoms with Crippen LogP contribution in [0.5, 0.6) is 0 Å². The summed E-state index contributed by atoms with van der Waals surface area (Å²) in [4.78, 5) is 14.1. The minimum Gasteiger partial charge on any atom is -0.465 e. The number of para-hydroxylation sites is 1. The van der Waals surface area contributed by atoms with Gasteiger partial charge in [0.15, 0.2) is 0 Å². The van der Waals surface area contributed by atoms with Crippen LogP contribution in [-0.2, 0) is 4.74 Å². The first kappa shape index (κ1) is 13.7. The van der Waals surface area contributed by atoms with Crippen molar-refractivity contribution in [2.24, 2.45) is 5.92 Å². The number of nitrogens with zero attached hydrogens (tertiary/aromatic N) is 1. The van der Waals surface area contributed by atoms with Crippen LogP contribution < -0.4 is 10.6 Å². The summed E-state index contributed by atoms with van der Waals surface area (Å²) in [5, 5.41) is 0. The van der Waals surface area contributed by atoms with Crippen molar-refractivity contribution in [2.75, 3.05) is 30.8 Å². The average molecular weight is 262 g/mol. The number of hydrogen-bond acceptors (Lipinski definition) is 4. The third-order valence-corrected chi connectivity index (χ3v) is 3.98. The van der Waals surface area contributed by atoms with E-state index in [1.54, 1.807) is 12.1 Å². The van der Waals surface area contributed by atoms with Crippen LogP contribution in [0.3, 0.4) is 0 Å². The van der Waals surface area contributed by atoms with Crippen molar-refractivity contribution in [1.29, 1.82) is 0 Å². The molecule has 0 aromatic heterocycles. The lowest BCUT2D eigenvalue weighted by atomic mass is 9.93. The van der Waals surface area contributed by atoms with Crippen molar-refractivity contribution in [3.05, 3.63) is 23.8 Å². The highest BCUT2D eigenvalue weighted by atomic mass is 16.5. The molecule has 4 nitrogen and oxygen atoms in total. The fourth-order valence-corrected chi connectivity index (χ4v) is 2.75. The second-order valence-corrected chi connectivity index (χ2v) is 5.07. The van der Waals surface area contributed by atoms with Gasteiger partial charge in [-0.2, -0.15) is 0 Å². The molecular formula is C15H22N2O2. The minimum atomic E-state index is -0.320. The van der Waals surface area contributed by atoms with Crippen LogP contribution >= 0.6 is 0 Å². The van der Waals surface area contributed by atoms with E-state index in [2.05, 4.69) is 11.8 Å². The van der Waals surface area contributed by atoms with Gasteiger partial charge in [0.25, 0.3) is 0 Å². The molecule has 4 heteroatoms. The standard InChI is InChI=1S/C15H22N2O2/c1-3-11-7-9-17(10-8-11)14-12(15(18)19-2)5-4-6-13(14)16/h4-6,11H,3,7-10,16H2,1-2H3. The monoisotopic (exact) mass is 262 g/mol. The Balaban J connectivity index is 2.26. The lowest BCUT2D eigenvalue weighted by Crippen LogP contribution is -2.35. The van der Waals surface area contributed by atoms with E-state index in [9.17, 15) is 4.79 Å². The Hall–Kier alpha value is -1.71. The number of nitrogens with two attached hydrogens (primary N) is 1. The molecule has 0 spiro atoms. The highest BCUT2D eigenvalue weighted by Gasteiger charge is 2.24. The highest BCUT2D eigenvalue weighted by Crippen LogP contribution is 2.32. The number of esters is 1. The number of carbonyl (C=O) groups excluding carboxylic acids is 1. The van der Waals surface area contributed by atoms with Crippen LogP contribution in [0.25, 0.3) is 0 Å². The molecule has 1 aromatic carbocycles. The van der Waals surface area contributed by atoms with Gasteiger partial charge in [-0.3, -0.25) is 0 Å². The van der Waals surface area contributed by atoms with Crippen LogP contribution in [0, 0.1) is 5.92 Å². The lowest BCUT2D eigenvalue weighted by Gasteiger charge is -2.34. The molecule has 1 aromatic rings. The molecule has 0 atom stereocenters. The molecule has 0 radical (unpaired) electrons. The van der Waals surface area contributed by atoms with Gasteiger partial charge < -0.3 is 15.4 Å². The summed E-state index contributed by atoms with van der Waals surface area (Å²) in [7, 11) is 1.40. The van der Waals surface area contributed by atoms with Crippen LogP contribution in [0.2, 0.25) is 0 Å². The summed E-state index contributed by atoms with van der Waals surface area (Å²) in [6.45, 7) is 4.14. The SMILES string of the molecule is CCC1CCN(c2c(N)cccc2C(=O)OC)CC1. The molecule has 0 bridgehead atoms. The maximum atomic E-state index is 11.8. The molecule has 2 rings (SSSR count). The van der Waals surface area contributed by atoms with E-state index in [1.807, 2.05) is 6.07 Å². The first-order valence-corrected chi connectivity index (χ1v) is 6.89. The molecule has 1 fully saturated rings. The first-order chi connectivity index (χ1) is 9.17. The van der Waals surface area contributed by atoms with Crippen molar-refractivity contribution in [2.45, 2.75) is 26.2 Å². The Labute approximate surface area is 114 Å². The molecular weight excluding hydrogens is 240 g/mol. The number of anilines is 2. The van der Waals surface area contributed by atoms with Crippen molar-refractivity contribution < 1.29 is 9.53 Å². The van der Waals surface area contributed by atoms with Gasteiger partial charge in [-0.05, 0) is 30.9 Å². The summed E-state index contributed by atoms with van der Waals surface area (Å²) in [6.07, 6.45) is 3.54. The molecule has 2 N–H and O–H groups in total. The van der Waals surface area contributed by atoms with Gasteiger partial charge in [0.05, 0.1) is 24.0 Å². The Morgan fingerprint density at radius 1 is 1.42 bits per heavy atom. The molecule has 1 heterocycles. The Kier molecular flexibility index (Phi) is 4.30. The number of nitrogen functional groups attached to an aromatic ring is 1. The van der Waals surface area contributed by atoms with Crippen molar-refractivity contribution in [3.63, 3.8) is 0 Å². The molecule has 0 unspecified atom stereocenters. The van der Waals surface area contributed by atoms with Gasteiger partial charge in [0, 0.05) is 13.1 Å². The third kappa shape index (κ3) is 2.83. The maximum absolute atomic E-state index is 11.8. The predicted molar refractivity (Wildman–Crippen MR) is 77.4 cm³/mol. The Morgan fingerprint density at radius 3 is 2.68 bits per heavy atom. The Morgan fingerprint density at radius 2 is 2.11 bits per heavy atom. The van der Waals surface area contributed by atoms with Crippen LogP contribution in [0.4, 0.5) is 11.4 Å². The molecule has 0 amide bonds. The molecule has 1 aliphatic heterocycles. The fourth-order valence-electron chi connectivity index (χ4n) is 2.75. The number of methoxy groups -OCH3 is 1. The number of ether oxygens (including phenoxy) is 1. The van der Waals surface area contributed by atoms with E-state index in [-0.39, 0.29) is 5.97 Å². The van der Waals surface area contributed by atoms with E-state index in [0.717, 1.165) is 37.5 Å². The molecule has 104 valence electrons. The van der Waals surface area contributed by atoms with Crippen molar-refractivity contribution in [3.8, 4) is 0 Å². The van der Waals surface area contributed by atoms with Crippen LogP contribution in [0.1, 0.15) is 36.5 Å². The van der Waals surface area contributed by atoms with Crippen LogP contribution in [0.15, 0.2) is 18.2 Å². The van der Waals surface area contributed by atoms with E-state index in [1.165, 1.54) is 13.5 Å². The zero-order valence-electron chi connectivity index (χ0n) is 11.7. The summed E-state index contributed by atoms with van der Waals surface area (Å²) in [6, 6.07) is 5.42. The molecule has 19 heavy (non-hydrogen) atoms. The smallest absolute Gasteiger partial charge is 0.340 e. The lowest BCUT2D eigenvalue weighted by molar-refractivity contribution is 0.0601. The summed E-state index contributed by atoms with van der Waals surface area (Å²) in [5.41, 5.74) is 8.12. The van der Waals surface area contributed by atoms with Crippen LogP contribution in [-0.4, -0.2) is 26.2 Å². The van der Waals surface area contributed by atoms with Gasteiger partial charge in [-0.15, -0.1) is 0 Å². The summed E-state index contributed by atoms with van der Waals surface area (Å²) >= 11 is 0. The zero-order chi connectivity index (χ0) is 13.8. The van der Waals surface area contributed by atoms with E-state index < -0.39 is 0 Å². The van der Waals surface area contributed by atoms with Gasteiger partial charge in [0.1, 0.15) is 0 Å². The summed E-state index contributed by atoms with van der Waals surface area (Å²) in [5.74, 6) is 0.475. The van der Waals surface area contributed by atoms with E-state index >= 15 is 0 Å². The molecule has 1 aliphatic rings. The normalized spacial score (nSPS) is 16.4. The minimum absolute atomic E-state index is 0.320. The quantitative estimate of drug-likeness (QED) is 0.672. The third-order valence-electron chi connectivity index (χ3n) is 3.98. The topological polar surface area (TPSA) is 55.6 Å². The molecule has 1 saturated heterocycles. The Bertz CT molecular complexity index is 451. The number of hydrogen-bond donors (Lipinski definition) is 1. The maximum Gasteiger partial charge on any atom is 0.340 e.